The quantitative estimate of drug-likeness (QED) is 0.324. The molecule has 1 fully saturated rings. The molecule has 0 unspecified atom stereocenters. The van der Waals surface area contributed by atoms with Crippen molar-refractivity contribution in [2.24, 2.45) is 0 Å². The highest BCUT2D eigenvalue weighted by Crippen LogP contribution is 2.33. The number of nitrogens with one attached hydrogen (secondary N) is 2. The van der Waals surface area contributed by atoms with Gasteiger partial charge in [-0.15, -0.1) is 22.7 Å². The number of thiazole rings is 1. The van der Waals surface area contributed by atoms with Gasteiger partial charge in [-0.25, -0.2) is 19.7 Å². The third-order valence-electron chi connectivity index (χ3n) is 5.48. The van der Waals surface area contributed by atoms with E-state index in [1.165, 1.54) is 33.9 Å². The molecule has 3 aromatic heterocycles. The molecule has 2 atom stereocenters. The summed E-state index contributed by atoms with van der Waals surface area (Å²) in [5.41, 5.74) is 3.40. The zero-order valence-corrected chi connectivity index (χ0v) is 22.4. The van der Waals surface area contributed by atoms with E-state index in [0.29, 0.717) is 36.2 Å². The van der Waals surface area contributed by atoms with Crippen molar-refractivity contribution in [1.29, 1.82) is 0 Å². The van der Waals surface area contributed by atoms with Crippen LogP contribution in [0.5, 0.6) is 5.75 Å². The van der Waals surface area contributed by atoms with Gasteiger partial charge in [0.05, 0.1) is 32.5 Å². The van der Waals surface area contributed by atoms with Gasteiger partial charge in [0.25, 0.3) is 0 Å². The maximum Gasteiger partial charge on any atom is 0.409 e. The molecule has 0 bridgehead atoms. The van der Waals surface area contributed by atoms with E-state index >= 15 is 0 Å². The molecule has 4 aromatic rings. The second-order valence-corrected chi connectivity index (χ2v) is 10.6. The van der Waals surface area contributed by atoms with Crippen LogP contribution in [0.1, 0.15) is 17.0 Å². The molecule has 2 N–H and O–H groups in total. The summed E-state index contributed by atoms with van der Waals surface area (Å²) in [6.07, 6.45) is 1.64. The molecule has 4 heterocycles. The van der Waals surface area contributed by atoms with Gasteiger partial charge >= 0.3 is 6.09 Å². The van der Waals surface area contributed by atoms with Gasteiger partial charge in [0.15, 0.2) is 0 Å². The van der Waals surface area contributed by atoms with Crippen molar-refractivity contribution in [3.05, 3.63) is 57.1 Å². The average molecular weight is 555 g/mol. The lowest BCUT2D eigenvalue weighted by atomic mass is 10.2. The number of benzene rings is 1. The maximum absolute atomic E-state index is 11.8. The molecule has 1 amide bonds. The minimum Gasteiger partial charge on any atom is -0.486 e. The van der Waals surface area contributed by atoms with Crippen LogP contribution in [-0.4, -0.2) is 58.7 Å². The summed E-state index contributed by atoms with van der Waals surface area (Å²) < 4.78 is 11.2. The molecule has 1 aliphatic rings. The van der Waals surface area contributed by atoms with Gasteiger partial charge < -0.3 is 19.7 Å². The molecule has 0 aliphatic carbocycles. The van der Waals surface area contributed by atoms with Crippen LogP contribution < -0.4 is 15.4 Å². The minimum absolute atomic E-state index is 0.0488. The zero-order chi connectivity index (χ0) is 25.8. The predicted octanol–water partition coefficient (Wildman–Crippen LogP) is 4.90. The second-order valence-electron chi connectivity index (χ2n) is 8.46. The number of thiophene rings is 1. The zero-order valence-electron chi connectivity index (χ0n) is 20.0. The van der Waals surface area contributed by atoms with Crippen LogP contribution in [0, 0.1) is 11.8 Å². The van der Waals surface area contributed by atoms with E-state index < -0.39 is 0 Å². The van der Waals surface area contributed by atoms with Crippen molar-refractivity contribution < 1.29 is 14.3 Å². The molecule has 1 saturated heterocycles. The van der Waals surface area contributed by atoms with Crippen molar-refractivity contribution in [1.82, 2.24) is 25.2 Å². The fraction of sp³-hybridized carbons (Fsp3) is 0.280. The van der Waals surface area contributed by atoms with Gasteiger partial charge in [-0.1, -0.05) is 23.4 Å². The largest absolute Gasteiger partial charge is 0.486 e. The van der Waals surface area contributed by atoms with Crippen LogP contribution in [-0.2, 0) is 11.3 Å². The first-order chi connectivity index (χ1) is 17.9. The number of hydrogen-bond acceptors (Lipinski definition) is 10. The Morgan fingerprint density at radius 2 is 2.19 bits per heavy atom. The number of amides is 1. The molecule has 0 radical (unpaired) electrons. The summed E-state index contributed by atoms with van der Waals surface area (Å²) in [6, 6.07) is 7.42. The average Bonchev–Trinajstić information content (AvgIpc) is 3.63. The molecule has 0 saturated carbocycles. The van der Waals surface area contributed by atoms with Gasteiger partial charge in [0.1, 0.15) is 35.4 Å². The highest BCUT2D eigenvalue weighted by atomic mass is 35.5. The number of ether oxygens (including phenoxy) is 2. The van der Waals surface area contributed by atoms with Crippen molar-refractivity contribution in [2.75, 3.05) is 26.0 Å². The van der Waals surface area contributed by atoms with E-state index in [4.69, 9.17) is 21.1 Å². The van der Waals surface area contributed by atoms with Crippen molar-refractivity contribution in [2.45, 2.75) is 25.2 Å². The lowest BCUT2D eigenvalue weighted by Crippen LogP contribution is -2.29. The molecule has 190 valence electrons. The van der Waals surface area contributed by atoms with Crippen LogP contribution in [0.25, 0.3) is 10.2 Å². The Labute approximate surface area is 226 Å². The second kappa shape index (κ2) is 11.3. The van der Waals surface area contributed by atoms with E-state index in [9.17, 15) is 4.79 Å². The first-order valence-electron chi connectivity index (χ1n) is 11.4. The number of hydrogen-bond donors (Lipinski definition) is 2. The van der Waals surface area contributed by atoms with E-state index in [-0.39, 0.29) is 18.2 Å². The predicted molar refractivity (Wildman–Crippen MR) is 146 cm³/mol. The van der Waals surface area contributed by atoms with Crippen LogP contribution in [0.3, 0.4) is 0 Å². The number of halogens is 1. The van der Waals surface area contributed by atoms with E-state index in [2.05, 4.69) is 37.4 Å². The van der Waals surface area contributed by atoms with Crippen LogP contribution in [0.2, 0.25) is 5.02 Å². The van der Waals surface area contributed by atoms with Crippen LogP contribution in [0.4, 0.5) is 16.3 Å². The standard InChI is InChI=1S/C25H23ClN6O3S2/c1-32(2)25(33)35-18-7-15(27-10-18)3-5-19-9-20-23(28-13-29-24(20)37-19)31-16-4-6-22(21(26)8-16)34-11-17-12-36-14-30-17/h4,6,8-9,12-15,18,27H,7,10-11H2,1-2H3,(H,28,29,31)/t15-,18-/m1/s1. The number of anilines is 2. The monoisotopic (exact) mass is 554 g/mol. The molecule has 1 aromatic carbocycles. The SMILES string of the molecule is CN(C)C(=O)O[C@H]1CN[C@H](C#Cc2cc3c(Nc4ccc(OCc5cscn5)c(Cl)c4)ncnc3s2)C1. The van der Waals surface area contributed by atoms with Crippen LogP contribution in [0.15, 0.2) is 41.5 Å². The molecule has 12 heteroatoms. The van der Waals surface area contributed by atoms with E-state index in [0.717, 1.165) is 26.5 Å². The number of carbonyl (C=O) groups is 1. The first-order valence-corrected chi connectivity index (χ1v) is 13.5. The smallest absolute Gasteiger partial charge is 0.409 e. The fourth-order valence-corrected chi connectivity index (χ4v) is 5.26. The summed E-state index contributed by atoms with van der Waals surface area (Å²) in [4.78, 5) is 27.9. The molecule has 0 spiro atoms. The number of carbonyl (C=O) groups excluding carboxylic acids is 1. The van der Waals surface area contributed by atoms with Gasteiger partial charge in [-0.2, -0.15) is 0 Å². The Kier molecular flexibility index (Phi) is 7.71. The summed E-state index contributed by atoms with van der Waals surface area (Å²) in [6.45, 7) is 0.946. The minimum atomic E-state index is -0.345. The fourth-order valence-electron chi connectivity index (χ4n) is 3.62. The van der Waals surface area contributed by atoms with Gasteiger partial charge in [-0.05, 0) is 24.3 Å². The van der Waals surface area contributed by atoms with Crippen LogP contribution >= 0.6 is 34.3 Å². The van der Waals surface area contributed by atoms with Crippen molar-refractivity contribution in [3.63, 3.8) is 0 Å². The lowest BCUT2D eigenvalue weighted by Gasteiger charge is -2.15. The third kappa shape index (κ3) is 6.29. The molecular formula is C25H23ClN6O3S2. The van der Waals surface area contributed by atoms with Crippen molar-refractivity contribution >= 4 is 62.1 Å². The summed E-state index contributed by atoms with van der Waals surface area (Å²) in [7, 11) is 3.33. The summed E-state index contributed by atoms with van der Waals surface area (Å²) >= 11 is 9.47. The van der Waals surface area contributed by atoms with E-state index in [1.807, 2.05) is 23.6 Å². The number of nitrogens with zero attached hydrogens (tertiary/aromatic N) is 4. The molecule has 5 rings (SSSR count). The topological polar surface area (TPSA) is 102 Å². The molecule has 37 heavy (non-hydrogen) atoms. The highest BCUT2D eigenvalue weighted by molar-refractivity contribution is 7.19. The Hall–Kier alpha value is -3.43. The van der Waals surface area contributed by atoms with E-state index in [1.54, 1.807) is 25.7 Å². The maximum atomic E-state index is 11.8. The summed E-state index contributed by atoms with van der Waals surface area (Å²) in [5, 5.41) is 9.91. The number of aromatic nitrogens is 3. The molecule has 9 nitrogen and oxygen atoms in total. The Morgan fingerprint density at radius 1 is 1.30 bits per heavy atom. The first kappa shape index (κ1) is 25.2. The molecular weight excluding hydrogens is 532 g/mol. The molecule has 1 aliphatic heterocycles. The normalized spacial score (nSPS) is 16.7. The van der Waals surface area contributed by atoms with Crippen molar-refractivity contribution in [3.8, 4) is 17.6 Å². The highest BCUT2D eigenvalue weighted by Gasteiger charge is 2.26. The Bertz CT molecular complexity index is 1460. The lowest BCUT2D eigenvalue weighted by molar-refractivity contribution is 0.0826. The third-order valence-corrected chi connectivity index (χ3v) is 7.36. The van der Waals surface area contributed by atoms with Gasteiger partial charge in [0.2, 0.25) is 0 Å². The van der Waals surface area contributed by atoms with Gasteiger partial charge in [-0.3, -0.25) is 5.32 Å². The number of fused-ring (bicyclic) bond motifs is 1. The number of rotatable bonds is 6. The summed E-state index contributed by atoms with van der Waals surface area (Å²) in [5.74, 6) is 7.71. The Balaban J connectivity index is 1.25. The van der Waals surface area contributed by atoms with Gasteiger partial charge in [0, 0.05) is 38.1 Å². The Morgan fingerprint density at radius 3 is 2.97 bits per heavy atom.